The fourth-order valence-corrected chi connectivity index (χ4v) is 4.14. The molecule has 0 N–H and O–H groups in total. The predicted molar refractivity (Wildman–Crippen MR) is 95.7 cm³/mol. The highest BCUT2D eigenvalue weighted by Gasteiger charge is 2.31. The van der Waals surface area contributed by atoms with Crippen molar-refractivity contribution in [3.63, 3.8) is 0 Å². The number of carbonyl (C=O) groups excluding carboxylic acids is 1. The van der Waals surface area contributed by atoms with E-state index in [2.05, 4.69) is 16.9 Å². The SMILES string of the molecule is CC(C1CCN(C(=O)c2cnn3ccccc23)CC1)N1CCOCC1. The molecule has 2 aromatic rings. The Labute approximate surface area is 148 Å². The van der Waals surface area contributed by atoms with Crippen LogP contribution in [0.15, 0.2) is 30.6 Å². The van der Waals surface area contributed by atoms with Gasteiger partial charge in [-0.3, -0.25) is 9.69 Å². The third kappa shape index (κ3) is 3.28. The molecule has 2 fully saturated rings. The molecule has 0 aromatic carbocycles. The number of morpholine rings is 1. The first-order valence-electron chi connectivity index (χ1n) is 9.27. The normalized spacial score (nSPS) is 21.6. The van der Waals surface area contributed by atoms with Gasteiger partial charge in [0.1, 0.15) is 0 Å². The Morgan fingerprint density at radius 2 is 1.96 bits per heavy atom. The third-order valence-electron chi connectivity index (χ3n) is 5.79. The average Bonchev–Trinajstić information content (AvgIpc) is 3.12. The highest BCUT2D eigenvalue weighted by Crippen LogP contribution is 2.26. The lowest BCUT2D eigenvalue weighted by molar-refractivity contribution is -0.000938. The lowest BCUT2D eigenvalue weighted by Gasteiger charge is -2.41. The summed E-state index contributed by atoms with van der Waals surface area (Å²) >= 11 is 0. The molecule has 0 spiro atoms. The highest BCUT2D eigenvalue weighted by molar-refractivity contribution is 6.00. The van der Waals surface area contributed by atoms with Gasteiger partial charge in [0.25, 0.3) is 5.91 Å². The molecule has 134 valence electrons. The topological polar surface area (TPSA) is 50.1 Å². The molecule has 6 heteroatoms. The predicted octanol–water partition coefficient (Wildman–Crippen LogP) is 1.91. The maximum Gasteiger partial charge on any atom is 0.257 e. The summed E-state index contributed by atoms with van der Waals surface area (Å²) in [5, 5.41) is 4.29. The quantitative estimate of drug-likeness (QED) is 0.855. The molecule has 1 atom stereocenters. The van der Waals surface area contributed by atoms with Crippen molar-refractivity contribution in [3.05, 3.63) is 36.2 Å². The Kier molecular flexibility index (Phi) is 4.72. The smallest absolute Gasteiger partial charge is 0.257 e. The van der Waals surface area contributed by atoms with Gasteiger partial charge in [-0.25, -0.2) is 4.52 Å². The largest absolute Gasteiger partial charge is 0.379 e. The summed E-state index contributed by atoms with van der Waals surface area (Å²) in [5.74, 6) is 0.768. The van der Waals surface area contributed by atoms with E-state index in [0.29, 0.717) is 17.5 Å². The van der Waals surface area contributed by atoms with Gasteiger partial charge in [0.2, 0.25) is 0 Å². The van der Waals surface area contributed by atoms with Crippen LogP contribution < -0.4 is 0 Å². The molecule has 1 unspecified atom stereocenters. The lowest BCUT2D eigenvalue weighted by atomic mass is 9.89. The molecule has 0 aliphatic carbocycles. The molecule has 0 bridgehead atoms. The third-order valence-corrected chi connectivity index (χ3v) is 5.79. The van der Waals surface area contributed by atoms with Gasteiger partial charge in [-0.2, -0.15) is 5.10 Å². The zero-order valence-corrected chi connectivity index (χ0v) is 14.8. The lowest BCUT2D eigenvalue weighted by Crippen LogP contribution is -2.49. The maximum atomic E-state index is 12.9. The van der Waals surface area contributed by atoms with Crippen LogP contribution in [0.1, 0.15) is 30.1 Å². The minimum Gasteiger partial charge on any atom is -0.379 e. The first kappa shape index (κ1) is 16.5. The summed E-state index contributed by atoms with van der Waals surface area (Å²) in [6.45, 7) is 7.75. The molecule has 6 nitrogen and oxygen atoms in total. The first-order chi connectivity index (χ1) is 12.2. The number of hydrogen-bond donors (Lipinski definition) is 0. The minimum atomic E-state index is 0.110. The van der Waals surface area contributed by atoms with Gasteiger partial charge in [-0.15, -0.1) is 0 Å². The second kappa shape index (κ2) is 7.14. The number of rotatable bonds is 3. The Hall–Kier alpha value is -1.92. The number of likely N-dealkylation sites (tertiary alicyclic amines) is 1. The van der Waals surface area contributed by atoms with Crippen LogP contribution in [0.25, 0.3) is 5.52 Å². The molecule has 2 aliphatic heterocycles. The fourth-order valence-electron chi connectivity index (χ4n) is 4.14. The van der Waals surface area contributed by atoms with Gasteiger partial charge in [0.15, 0.2) is 0 Å². The first-order valence-corrected chi connectivity index (χ1v) is 9.27. The number of pyridine rings is 1. The van der Waals surface area contributed by atoms with Gasteiger partial charge in [0, 0.05) is 38.4 Å². The van der Waals surface area contributed by atoms with Crippen LogP contribution in [0.2, 0.25) is 0 Å². The average molecular weight is 342 g/mol. The summed E-state index contributed by atoms with van der Waals surface area (Å²) in [7, 11) is 0. The van der Waals surface area contributed by atoms with E-state index < -0.39 is 0 Å². The number of amides is 1. The number of aromatic nitrogens is 2. The summed E-state index contributed by atoms with van der Waals surface area (Å²) in [5.41, 5.74) is 1.59. The number of ether oxygens (including phenoxy) is 1. The van der Waals surface area contributed by atoms with E-state index in [4.69, 9.17) is 4.74 Å². The van der Waals surface area contributed by atoms with Crippen molar-refractivity contribution < 1.29 is 9.53 Å². The Morgan fingerprint density at radius 1 is 1.20 bits per heavy atom. The summed E-state index contributed by atoms with van der Waals surface area (Å²) in [4.78, 5) is 17.4. The van der Waals surface area contributed by atoms with E-state index in [1.807, 2.05) is 29.3 Å². The second-order valence-corrected chi connectivity index (χ2v) is 7.11. The van der Waals surface area contributed by atoms with Crippen LogP contribution in [0, 0.1) is 5.92 Å². The Bertz CT molecular complexity index is 730. The molecule has 4 heterocycles. The van der Waals surface area contributed by atoms with E-state index in [1.54, 1.807) is 10.7 Å². The van der Waals surface area contributed by atoms with Crippen molar-refractivity contribution in [2.24, 2.45) is 5.92 Å². The van der Waals surface area contributed by atoms with Crippen molar-refractivity contribution in [3.8, 4) is 0 Å². The number of nitrogens with zero attached hydrogens (tertiary/aromatic N) is 4. The van der Waals surface area contributed by atoms with Crippen LogP contribution in [0.5, 0.6) is 0 Å². The van der Waals surface area contributed by atoms with E-state index >= 15 is 0 Å². The molecule has 2 aliphatic rings. The number of carbonyl (C=O) groups is 1. The summed E-state index contributed by atoms with van der Waals surface area (Å²) in [6, 6.07) is 6.39. The van der Waals surface area contributed by atoms with Crippen LogP contribution in [0.3, 0.4) is 0 Å². The van der Waals surface area contributed by atoms with E-state index in [1.165, 1.54) is 0 Å². The summed E-state index contributed by atoms with van der Waals surface area (Å²) in [6.07, 6.45) is 5.72. The second-order valence-electron chi connectivity index (χ2n) is 7.11. The van der Waals surface area contributed by atoms with Gasteiger partial charge in [-0.1, -0.05) is 6.07 Å². The van der Waals surface area contributed by atoms with Gasteiger partial charge in [-0.05, 0) is 37.8 Å². The van der Waals surface area contributed by atoms with Crippen molar-refractivity contribution in [1.29, 1.82) is 0 Å². The molecule has 4 rings (SSSR count). The molecule has 0 saturated carbocycles. The zero-order valence-electron chi connectivity index (χ0n) is 14.8. The summed E-state index contributed by atoms with van der Waals surface area (Å²) < 4.78 is 7.22. The maximum absolute atomic E-state index is 12.9. The molecule has 25 heavy (non-hydrogen) atoms. The fraction of sp³-hybridized carbons (Fsp3) is 0.579. The molecular weight excluding hydrogens is 316 g/mol. The number of hydrogen-bond acceptors (Lipinski definition) is 4. The molecular formula is C19H26N4O2. The van der Waals surface area contributed by atoms with Gasteiger partial charge < -0.3 is 9.64 Å². The standard InChI is InChI=1S/C19H26N4O2/c1-15(21-10-12-25-13-11-21)16-5-8-22(9-6-16)19(24)17-14-20-23-7-3-2-4-18(17)23/h2-4,7,14-16H,5-6,8-13H2,1H3. The van der Waals surface area contributed by atoms with Gasteiger partial charge >= 0.3 is 0 Å². The van der Waals surface area contributed by atoms with Gasteiger partial charge in [0.05, 0.1) is 30.5 Å². The number of fused-ring (bicyclic) bond motifs is 1. The van der Waals surface area contributed by atoms with E-state index in [0.717, 1.165) is 57.8 Å². The van der Waals surface area contributed by atoms with Crippen LogP contribution >= 0.6 is 0 Å². The van der Waals surface area contributed by atoms with Crippen molar-refractivity contribution >= 4 is 11.4 Å². The van der Waals surface area contributed by atoms with Crippen molar-refractivity contribution in [2.45, 2.75) is 25.8 Å². The Morgan fingerprint density at radius 3 is 2.72 bits per heavy atom. The highest BCUT2D eigenvalue weighted by atomic mass is 16.5. The number of piperidine rings is 1. The molecule has 2 aromatic heterocycles. The van der Waals surface area contributed by atoms with Crippen molar-refractivity contribution in [1.82, 2.24) is 19.4 Å². The molecule has 1 amide bonds. The van der Waals surface area contributed by atoms with Crippen LogP contribution in [-0.4, -0.2) is 70.8 Å². The minimum absolute atomic E-state index is 0.110. The van der Waals surface area contributed by atoms with Crippen LogP contribution in [-0.2, 0) is 4.74 Å². The monoisotopic (exact) mass is 342 g/mol. The molecule has 0 radical (unpaired) electrons. The zero-order chi connectivity index (χ0) is 17.2. The van der Waals surface area contributed by atoms with E-state index in [-0.39, 0.29) is 5.91 Å². The Balaban J connectivity index is 1.39. The van der Waals surface area contributed by atoms with Crippen LogP contribution in [0.4, 0.5) is 0 Å². The van der Waals surface area contributed by atoms with E-state index in [9.17, 15) is 4.79 Å². The molecule has 2 saturated heterocycles. The van der Waals surface area contributed by atoms with Crippen molar-refractivity contribution in [2.75, 3.05) is 39.4 Å².